The second kappa shape index (κ2) is 13.6. The van der Waals surface area contributed by atoms with Gasteiger partial charge in [0.1, 0.15) is 0 Å². The number of carbonyl (C=O) groups is 2. The standard InChI is InChI=1S/C16H14N2O2S.C8H11Cl2NO/c1-18(12-7-3-2-4-8-12)15(19)11-20-16-17-13-9-5-6-10-14(13)21-16;1-3-5-11(6-4-2)8(12)7(9)10/h2-10H,11H2,1H3;3-4,7H,1-2,5-6H2. The summed E-state index contributed by atoms with van der Waals surface area (Å²) < 4.78 is 6.56. The number of benzene rings is 2. The van der Waals surface area contributed by atoms with Crippen LogP contribution >= 0.6 is 34.5 Å². The first-order valence-corrected chi connectivity index (χ1v) is 11.6. The maximum Gasteiger partial charge on any atom is 0.274 e. The fraction of sp³-hybridized carbons (Fsp3) is 0.208. The van der Waals surface area contributed by atoms with Gasteiger partial charge >= 0.3 is 0 Å². The number of thiazole rings is 1. The van der Waals surface area contributed by atoms with Crippen LogP contribution in [0.1, 0.15) is 0 Å². The molecule has 1 heterocycles. The minimum absolute atomic E-state index is 0.0226. The molecule has 0 N–H and O–H groups in total. The van der Waals surface area contributed by atoms with Gasteiger partial charge in [-0.05, 0) is 24.3 Å². The fourth-order valence-electron chi connectivity index (χ4n) is 2.63. The number of hydrogen-bond donors (Lipinski definition) is 0. The molecule has 0 aliphatic heterocycles. The summed E-state index contributed by atoms with van der Waals surface area (Å²) in [5.74, 6) is -0.432. The first-order valence-electron chi connectivity index (χ1n) is 9.96. The summed E-state index contributed by atoms with van der Waals surface area (Å²) in [4.78, 5) is 29.7. The van der Waals surface area contributed by atoms with Crippen LogP contribution in [-0.4, -0.2) is 53.3 Å². The number of hydrogen-bond acceptors (Lipinski definition) is 5. The highest BCUT2D eigenvalue weighted by atomic mass is 35.5. The molecule has 9 heteroatoms. The van der Waals surface area contributed by atoms with E-state index in [4.69, 9.17) is 27.9 Å². The Morgan fingerprint density at radius 1 is 1.06 bits per heavy atom. The summed E-state index contributed by atoms with van der Waals surface area (Å²) in [6.07, 6.45) is 3.22. The largest absolute Gasteiger partial charge is 0.460 e. The van der Waals surface area contributed by atoms with E-state index in [-0.39, 0.29) is 18.4 Å². The van der Waals surface area contributed by atoms with Crippen molar-refractivity contribution >= 4 is 62.3 Å². The van der Waals surface area contributed by atoms with Gasteiger partial charge in [-0.25, -0.2) is 4.98 Å². The van der Waals surface area contributed by atoms with Crippen molar-refractivity contribution in [1.29, 1.82) is 0 Å². The van der Waals surface area contributed by atoms with Gasteiger partial charge in [-0.2, -0.15) is 0 Å². The first-order chi connectivity index (χ1) is 15.9. The van der Waals surface area contributed by atoms with Gasteiger partial charge in [-0.3, -0.25) is 9.59 Å². The number of likely N-dealkylation sites (N-methyl/N-ethyl adjacent to an activating group) is 1. The molecular weight excluding hydrogens is 481 g/mol. The van der Waals surface area contributed by atoms with Gasteiger partial charge in [0.05, 0.1) is 10.2 Å². The molecule has 0 fully saturated rings. The summed E-state index contributed by atoms with van der Waals surface area (Å²) >= 11 is 12.2. The molecule has 0 bridgehead atoms. The molecule has 0 aliphatic rings. The lowest BCUT2D eigenvalue weighted by Gasteiger charge is -2.19. The zero-order valence-electron chi connectivity index (χ0n) is 18.2. The van der Waals surface area contributed by atoms with Crippen molar-refractivity contribution in [2.24, 2.45) is 0 Å². The van der Waals surface area contributed by atoms with Gasteiger partial charge < -0.3 is 14.5 Å². The number of nitrogens with zero attached hydrogens (tertiary/aromatic N) is 3. The number of anilines is 1. The number of alkyl halides is 2. The third kappa shape index (κ3) is 8.20. The average molecular weight is 506 g/mol. The lowest BCUT2D eigenvalue weighted by Crippen LogP contribution is -2.35. The molecular formula is C24H25Cl2N3O3S. The number of aromatic nitrogens is 1. The average Bonchev–Trinajstić information content (AvgIpc) is 3.25. The quantitative estimate of drug-likeness (QED) is 0.291. The molecule has 0 aliphatic carbocycles. The molecule has 0 spiro atoms. The highest BCUT2D eigenvalue weighted by molar-refractivity contribution is 7.20. The van der Waals surface area contributed by atoms with E-state index in [1.807, 2.05) is 54.6 Å². The molecule has 0 radical (unpaired) electrons. The van der Waals surface area contributed by atoms with Crippen LogP contribution in [0, 0.1) is 0 Å². The molecule has 0 saturated heterocycles. The Morgan fingerprint density at radius 3 is 2.24 bits per heavy atom. The van der Waals surface area contributed by atoms with E-state index < -0.39 is 4.84 Å². The van der Waals surface area contributed by atoms with Crippen molar-refractivity contribution in [3.05, 3.63) is 79.9 Å². The predicted octanol–water partition coefficient (Wildman–Crippen LogP) is 5.33. The number of carbonyl (C=O) groups excluding carboxylic acids is 2. The van der Waals surface area contributed by atoms with Crippen molar-refractivity contribution in [3.63, 3.8) is 0 Å². The molecule has 0 atom stereocenters. The van der Waals surface area contributed by atoms with E-state index in [0.717, 1.165) is 15.9 Å². The van der Waals surface area contributed by atoms with Gasteiger partial charge in [0.15, 0.2) is 11.4 Å². The molecule has 3 aromatic rings. The molecule has 3 rings (SSSR count). The Labute approximate surface area is 207 Å². The van der Waals surface area contributed by atoms with Crippen molar-refractivity contribution in [2.45, 2.75) is 4.84 Å². The van der Waals surface area contributed by atoms with E-state index in [9.17, 15) is 9.59 Å². The van der Waals surface area contributed by atoms with Gasteiger partial charge in [0.25, 0.3) is 17.0 Å². The molecule has 2 aromatic carbocycles. The van der Waals surface area contributed by atoms with Gasteiger partial charge in [0.2, 0.25) is 0 Å². The number of fused-ring (bicyclic) bond motifs is 1. The SMILES string of the molecule is C=CCN(CC=C)C(=O)C(Cl)Cl.CN(C(=O)COc1nc2ccccc2s1)c1ccccc1. The van der Waals surface area contributed by atoms with Crippen molar-refractivity contribution in [2.75, 3.05) is 31.6 Å². The minimum atomic E-state index is -1.01. The number of halogens is 2. The molecule has 174 valence electrons. The van der Waals surface area contributed by atoms with Crippen LogP contribution in [0.4, 0.5) is 5.69 Å². The van der Waals surface area contributed by atoms with Crippen LogP contribution in [0.2, 0.25) is 0 Å². The summed E-state index contributed by atoms with van der Waals surface area (Å²) in [6, 6.07) is 17.3. The van der Waals surface area contributed by atoms with Crippen LogP contribution in [0.3, 0.4) is 0 Å². The monoisotopic (exact) mass is 505 g/mol. The van der Waals surface area contributed by atoms with E-state index >= 15 is 0 Å². The Morgan fingerprint density at radius 2 is 1.67 bits per heavy atom. The highest BCUT2D eigenvalue weighted by Gasteiger charge is 2.17. The number of amides is 2. The number of ether oxygens (including phenoxy) is 1. The van der Waals surface area contributed by atoms with E-state index in [1.165, 1.54) is 16.2 Å². The van der Waals surface area contributed by atoms with Gasteiger partial charge in [0, 0.05) is 25.8 Å². The molecule has 6 nitrogen and oxygen atoms in total. The van der Waals surface area contributed by atoms with Crippen LogP contribution in [0.15, 0.2) is 79.9 Å². The Hall–Kier alpha value is -2.87. The zero-order valence-corrected chi connectivity index (χ0v) is 20.5. The van der Waals surface area contributed by atoms with E-state index in [0.29, 0.717) is 18.3 Å². The Bertz CT molecular complexity index is 1030. The number of rotatable bonds is 9. The van der Waals surface area contributed by atoms with Crippen molar-refractivity contribution in [1.82, 2.24) is 9.88 Å². The second-order valence-electron chi connectivity index (χ2n) is 6.65. The maximum absolute atomic E-state index is 12.1. The molecule has 0 unspecified atom stereocenters. The fourth-order valence-corrected chi connectivity index (χ4v) is 3.72. The molecule has 33 heavy (non-hydrogen) atoms. The van der Waals surface area contributed by atoms with Crippen molar-refractivity contribution in [3.8, 4) is 5.19 Å². The Kier molecular flexibility index (Phi) is 10.9. The first kappa shape index (κ1) is 26.4. The smallest absolute Gasteiger partial charge is 0.274 e. The lowest BCUT2D eigenvalue weighted by atomic mass is 10.3. The molecule has 2 amide bonds. The maximum atomic E-state index is 12.1. The third-order valence-corrected chi connectivity index (χ3v) is 5.63. The summed E-state index contributed by atoms with van der Waals surface area (Å²) in [5.41, 5.74) is 1.73. The minimum Gasteiger partial charge on any atom is -0.460 e. The predicted molar refractivity (Wildman–Crippen MR) is 137 cm³/mol. The topological polar surface area (TPSA) is 62.7 Å². The molecule has 1 aromatic heterocycles. The molecule has 0 saturated carbocycles. The van der Waals surface area contributed by atoms with E-state index in [1.54, 1.807) is 24.1 Å². The van der Waals surface area contributed by atoms with Crippen LogP contribution in [0.5, 0.6) is 5.19 Å². The zero-order chi connectivity index (χ0) is 24.2. The summed E-state index contributed by atoms with van der Waals surface area (Å²) in [5, 5.41) is 0.519. The summed E-state index contributed by atoms with van der Waals surface area (Å²) in [6.45, 7) is 7.86. The van der Waals surface area contributed by atoms with E-state index in [2.05, 4.69) is 18.1 Å². The van der Waals surface area contributed by atoms with Crippen LogP contribution in [-0.2, 0) is 9.59 Å². The van der Waals surface area contributed by atoms with Crippen LogP contribution in [0.25, 0.3) is 10.2 Å². The summed E-state index contributed by atoms with van der Waals surface area (Å²) in [7, 11) is 1.74. The number of para-hydroxylation sites is 2. The van der Waals surface area contributed by atoms with Crippen molar-refractivity contribution < 1.29 is 14.3 Å². The van der Waals surface area contributed by atoms with Gasteiger partial charge in [-0.1, -0.05) is 77.0 Å². The lowest BCUT2D eigenvalue weighted by molar-refractivity contribution is -0.128. The second-order valence-corrected chi connectivity index (χ2v) is 8.74. The highest BCUT2D eigenvalue weighted by Crippen LogP contribution is 2.27. The normalized spacial score (nSPS) is 10.2. The Balaban J connectivity index is 0.000000277. The van der Waals surface area contributed by atoms with Crippen LogP contribution < -0.4 is 9.64 Å². The third-order valence-electron chi connectivity index (χ3n) is 4.31. The van der Waals surface area contributed by atoms with Gasteiger partial charge in [-0.15, -0.1) is 13.2 Å².